The van der Waals surface area contributed by atoms with Gasteiger partial charge in [-0.05, 0) is 43.5 Å². The first-order chi connectivity index (χ1) is 8.47. The van der Waals surface area contributed by atoms with Gasteiger partial charge in [-0.15, -0.1) is 0 Å². The fraction of sp³-hybridized carbons (Fsp3) is 0.250. The lowest BCUT2D eigenvalue weighted by Gasteiger charge is -2.14. The van der Waals surface area contributed by atoms with Crippen LogP contribution in [0.5, 0.6) is 0 Å². The van der Waals surface area contributed by atoms with Crippen molar-refractivity contribution >= 4 is 0 Å². The lowest BCUT2D eigenvalue weighted by molar-refractivity contribution is 0.219. The lowest BCUT2D eigenvalue weighted by atomic mass is 9.97. The Kier molecular flexibility index (Phi) is 3.48. The van der Waals surface area contributed by atoms with Gasteiger partial charge in [-0.1, -0.05) is 41.5 Å². The van der Waals surface area contributed by atoms with Gasteiger partial charge in [-0.2, -0.15) is 0 Å². The zero-order valence-corrected chi connectivity index (χ0v) is 10.9. The van der Waals surface area contributed by atoms with E-state index in [9.17, 15) is 9.50 Å². The summed E-state index contributed by atoms with van der Waals surface area (Å²) in [7, 11) is 0. The average molecular weight is 244 g/mol. The number of rotatable bonds is 2. The van der Waals surface area contributed by atoms with Crippen molar-refractivity contribution in [2.24, 2.45) is 0 Å². The maximum absolute atomic E-state index is 13.5. The molecule has 1 nitrogen and oxygen atoms in total. The highest BCUT2D eigenvalue weighted by atomic mass is 19.1. The molecule has 0 radical (unpaired) electrons. The Morgan fingerprint density at radius 2 is 1.50 bits per heavy atom. The molecule has 0 aliphatic heterocycles. The van der Waals surface area contributed by atoms with Crippen molar-refractivity contribution in [3.8, 4) is 0 Å². The normalized spacial score (nSPS) is 12.5. The Morgan fingerprint density at radius 1 is 0.889 bits per heavy atom. The Balaban J connectivity index is 2.40. The largest absolute Gasteiger partial charge is 0.384 e. The minimum Gasteiger partial charge on any atom is -0.384 e. The first kappa shape index (κ1) is 12.8. The summed E-state index contributed by atoms with van der Waals surface area (Å²) >= 11 is 0. The van der Waals surface area contributed by atoms with E-state index >= 15 is 0 Å². The molecule has 1 N–H and O–H groups in total. The van der Waals surface area contributed by atoms with Crippen LogP contribution < -0.4 is 0 Å². The maximum atomic E-state index is 13.5. The van der Waals surface area contributed by atoms with Crippen molar-refractivity contribution in [3.63, 3.8) is 0 Å². The third kappa shape index (κ3) is 2.59. The van der Waals surface area contributed by atoms with E-state index < -0.39 is 6.10 Å². The molecule has 18 heavy (non-hydrogen) atoms. The van der Waals surface area contributed by atoms with Crippen molar-refractivity contribution in [3.05, 3.63) is 70.0 Å². The Labute approximate surface area is 107 Å². The summed E-state index contributed by atoms with van der Waals surface area (Å²) in [6, 6.07) is 10.8. The van der Waals surface area contributed by atoms with Crippen LogP contribution in [0.25, 0.3) is 0 Å². The minimum atomic E-state index is -0.779. The molecule has 2 aromatic carbocycles. The molecule has 0 spiro atoms. The lowest BCUT2D eigenvalue weighted by Crippen LogP contribution is -2.01. The third-order valence-electron chi connectivity index (χ3n) is 3.07. The van der Waals surface area contributed by atoms with Gasteiger partial charge in [-0.3, -0.25) is 0 Å². The van der Waals surface area contributed by atoms with Crippen LogP contribution >= 0.6 is 0 Å². The van der Waals surface area contributed by atoms with Gasteiger partial charge in [0.2, 0.25) is 0 Å². The molecule has 2 heteroatoms. The SMILES string of the molecule is Cc1cc(C)cc(C(O)c2ccc(C)c(F)c2)c1. The zero-order valence-electron chi connectivity index (χ0n) is 10.9. The number of hydrogen-bond acceptors (Lipinski definition) is 1. The molecule has 0 heterocycles. The highest BCUT2D eigenvalue weighted by molar-refractivity contribution is 5.36. The zero-order chi connectivity index (χ0) is 13.3. The second-order valence-electron chi connectivity index (χ2n) is 4.83. The van der Waals surface area contributed by atoms with E-state index in [4.69, 9.17) is 0 Å². The number of hydrogen-bond donors (Lipinski definition) is 1. The molecule has 0 aliphatic carbocycles. The first-order valence-corrected chi connectivity index (χ1v) is 5.99. The maximum Gasteiger partial charge on any atom is 0.126 e. The van der Waals surface area contributed by atoms with E-state index in [1.54, 1.807) is 19.1 Å². The highest BCUT2D eigenvalue weighted by Gasteiger charge is 2.12. The molecule has 2 aromatic rings. The van der Waals surface area contributed by atoms with Gasteiger partial charge in [0.05, 0.1) is 0 Å². The Hall–Kier alpha value is -1.67. The summed E-state index contributed by atoms with van der Waals surface area (Å²) in [5, 5.41) is 10.3. The van der Waals surface area contributed by atoms with Gasteiger partial charge in [0.25, 0.3) is 0 Å². The smallest absolute Gasteiger partial charge is 0.126 e. The molecule has 0 saturated heterocycles. The monoisotopic (exact) mass is 244 g/mol. The predicted octanol–water partition coefficient (Wildman–Crippen LogP) is 3.83. The van der Waals surface area contributed by atoms with E-state index in [1.165, 1.54) is 6.07 Å². The molecule has 0 saturated carbocycles. The Bertz CT molecular complexity index is 555. The van der Waals surface area contributed by atoms with Crippen molar-refractivity contribution < 1.29 is 9.50 Å². The second kappa shape index (κ2) is 4.91. The van der Waals surface area contributed by atoms with Crippen LogP contribution in [0.15, 0.2) is 36.4 Å². The number of aryl methyl sites for hydroxylation is 3. The molecular formula is C16H17FO. The summed E-state index contributed by atoms with van der Waals surface area (Å²) in [4.78, 5) is 0. The summed E-state index contributed by atoms with van der Waals surface area (Å²) in [6.45, 7) is 5.68. The molecule has 0 fully saturated rings. The van der Waals surface area contributed by atoms with Crippen LogP contribution in [-0.4, -0.2) is 5.11 Å². The standard InChI is InChI=1S/C16H17FO/c1-10-6-11(2)8-14(7-10)16(18)13-5-4-12(3)15(17)9-13/h4-9,16,18H,1-3H3. The first-order valence-electron chi connectivity index (χ1n) is 5.99. The Morgan fingerprint density at radius 3 is 2.06 bits per heavy atom. The highest BCUT2D eigenvalue weighted by Crippen LogP contribution is 2.25. The van der Waals surface area contributed by atoms with Crippen LogP contribution in [-0.2, 0) is 0 Å². The summed E-state index contributed by atoms with van der Waals surface area (Å²) < 4.78 is 13.5. The van der Waals surface area contributed by atoms with Crippen molar-refractivity contribution in [1.29, 1.82) is 0 Å². The summed E-state index contributed by atoms with van der Waals surface area (Å²) in [5.74, 6) is -0.282. The number of halogens is 1. The van der Waals surface area contributed by atoms with Crippen molar-refractivity contribution in [2.45, 2.75) is 26.9 Å². The molecule has 2 rings (SSSR count). The van der Waals surface area contributed by atoms with Crippen LogP contribution in [0, 0.1) is 26.6 Å². The van der Waals surface area contributed by atoms with Crippen molar-refractivity contribution in [1.82, 2.24) is 0 Å². The molecule has 1 unspecified atom stereocenters. The van der Waals surface area contributed by atoms with Gasteiger partial charge < -0.3 is 5.11 Å². The number of aliphatic hydroxyl groups excluding tert-OH is 1. The molecule has 0 aromatic heterocycles. The number of aliphatic hydroxyl groups is 1. The fourth-order valence-corrected chi connectivity index (χ4v) is 2.14. The third-order valence-corrected chi connectivity index (χ3v) is 3.07. The molecule has 1 atom stereocenters. The number of benzene rings is 2. The van der Waals surface area contributed by atoms with Crippen LogP contribution in [0.3, 0.4) is 0 Å². The molecule has 0 bridgehead atoms. The van der Waals surface area contributed by atoms with Gasteiger partial charge in [-0.25, -0.2) is 4.39 Å². The second-order valence-corrected chi connectivity index (χ2v) is 4.83. The van der Waals surface area contributed by atoms with E-state index in [0.29, 0.717) is 11.1 Å². The molecule has 0 aliphatic rings. The molecule has 94 valence electrons. The molecular weight excluding hydrogens is 227 g/mol. The van der Waals surface area contributed by atoms with Crippen LogP contribution in [0.1, 0.15) is 33.9 Å². The summed E-state index contributed by atoms with van der Waals surface area (Å²) in [5.41, 5.74) is 4.17. The van der Waals surface area contributed by atoms with E-state index in [2.05, 4.69) is 0 Å². The van der Waals surface area contributed by atoms with Crippen LogP contribution in [0.2, 0.25) is 0 Å². The fourth-order valence-electron chi connectivity index (χ4n) is 2.14. The van der Waals surface area contributed by atoms with Crippen molar-refractivity contribution in [2.75, 3.05) is 0 Å². The van der Waals surface area contributed by atoms with E-state index in [-0.39, 0.29) is 5.82 Å². The average Bonchev–Trinajstić information content (AvgIpc) is 2.30. The van der Waals surface area contributed by atoms with Gasteiger partial charge >= 0.3 is 0 Å². The topological polar surface area (TPSA) is 20.2 Å². The van der Waals surface area contributed by atoms with Crippen LogP contribution in [0.4, 0.5) is 4.39 Å². The quantitative estimate of drug-likeness (QED) is 0.851. The van der Waals surface area contributed by atoms with Gasteiger partial charge in [0, 0.05) is 0 Å². The molecule has 0 amide bonds. The van der Waals surface area contributed by atoms with Gasteiger partial charge in [0.1, 0.15) is 11.9 Å². The minimum absolute atomic E-state index is 0.282. The van der Waals surface area contributed by atoms with E-state index in [1.807, 2.05) is 32.0 Å². The van der Waals surface area contributed by atoms with E-state index in [0.717, 1.165) is 16.7 Å². The van der Waals surface area contributed by atoms with Gasteiger partial charge in [0.15, 0.2) is 0 Å². The predicted molar refractivity (Wildman–Crippen MR) is 71.1 cm³/mol. The summed E-state index contributed by atoms with van der Waals surface area (Å²) in [6.07, 6.45) is -0.779.